The van der Waals surface area contributed by atoms with Crippen LogP contribution in [0.5, 0.6) is 0 Å². The summed E-state index contributed by atoms with van der Waals surface area (Å²) in [5, 5.41) is 9.79. The second-order valence-electron chi connectivity index (χ2n) is 29.8. The molecule has 0 aliphatic heterocycles. The van der Waals surface area contributed by atoms with Crippen molar-refractivity contribution in [3.05, 3.63) is 97.2 Å². The molecule has 0 rings (SSSR count). The summed E-state index contributed by atoms with van der Waals surface area (Å²) in [4.78, 5) is 37.8. The Bertz CT molecular complexity index is 1960. The lowest BCUT2D eigenvalue weighted by atomic mass is 10.0. The van der Waals surface area contributed by atoms with Crippen LogP contribution in [0.15, 0.2) is 97.2 Å². The summed E-state index contributed by atoms with van der Waals surface area (Å²) in [6, 6.07) is 0. The van der Waals surface area contributed by atoms with Gasteiger partial charge in [0, 0.05) is 12.8 Å². The Morgan fingerprint density at radius 3 is 0.859 bits per heavy atom. The van der Waals surface area contributed by atoms with E-state index < -0.39 is 18.4 Å². The van der Waals surface area contributed by atoms with E-state index in [1.807, 2.05) is 21.1 Å². The van der Waals surface area contributed by atoms with E-state index in [4.69, 9.17) is 18.9 Å². The van der Waals surface area contributed by atoms with Crippen molar-refractivity contribution in [2.24, 2.45) is 0 Å². The highest BCUT2D eigenvalue weighted by atomic mass is 16.7. The first kappa shape index (κ1) is 95.2. The maximum Gasteiger partial charge on any atom is 0.361 e. The molecule has 99 heavy (non-hydrogen) atoms. The number of nitrogens with zero attached hydrogens (tertiary/aromatic N) is 1. The van der Waals surface area contributed by atoms with Crippen molar-refractivity contribution in [1.29, 1.82) is 0 Å². The number of likely N-dealkylation sites (N-methyl/N-ethyl adjacent to an activating group) is 1. The number of carboxylic acid groups (broad SMARTS) is 1. The number of allylic oxidation sites excluding steroid dienone is 16. The summed E-state index contributed by atoms with van der Waals surface area (Å²) in [5.74, 6) is -1.98. The van der Waals surface area contributed by atoms with Gasteiger partial charge in [-0.2, -0.15) is 0 Å². The minimum Gasteiger partial charge on any atom is -0.477 e. The van der Waals surface area contributed by atoms with Crippen molar-refractivity contribution < 1.29 is 42.9 Å². The normalized spacial score (nSPS) is 13.1. The number of carbonyl (C=O) groups excluding carboxylic acids is 2. The zero-order valence-electron chi connectivity index (χ0n) is 65.9. The van der Waals surface area contributed by atoms with Crippen molar-refractivity contribution in [2.75, 3.05) is 47.5 Å². The zero-order chi connectivity index (χ0) is 71.8. The number of rotatable bonds is 79. The van der Waals surface area contributed by atoms with Crippen LogP contribution in [0, 0.1) is 0 Å². The Kier molecular flexibility index (Phi) is 76.8. The van der Waals surface area contributed by atoms with Gasteiger partial charge in [-0.25, -0.2) is 4.79 Å². The number of aliphatic carboxylic acids is 1. The average molecular weight is 1390 g/mol. The average Bonchev–Trinajstić information content (AvgIpc) is 2.19. The Hall–Kier alpha value is -3.79. The molecule has 9 nitrogen and oxygen atoms in total. The SMILES string of the molecule is CC/C=C\C/C=C\C/C=C\C/C=C\C/C=C\C/C=C\CCCCCCCCCCCCCCCCCCCCC(=O)OC(COC(=O)CCCCCCCCCCCCCCCCCCCCCCCCCCC/C=C\C/C=C\CCCCCCC)COC(OCC[N+](C)(C)C)C(=O)O. The minimum absolute atomic E-state index is 0.179. The summed E-state index contributed by atoms with van der Waals surface area (Å²) in [6.07, 6.45) is 109. The Morgan fingerprint density at radius 1 is 0.313 bits per heavy atom. The number of quaternary nitrogens is 1. The van der Waals surface area contributed by atoms with Crippen LogP contribution in [-0.4, -0.2) is 87.4 Å². The van der Waals surface area contributed by atoms with Gasteiger partial charge >= 0.3 is 17.9 Å². The van der Waals surface area contributed by atoms with Crippen LogP contribution in [0.1, 0.15) is 399 Å². The molecule has 2 atom stereocenters. The quantitative estimate of drug-likeness (QED) is 0.0211. The number of unbranched alkanes of at least 4 members (excludes halogenated alkanes) is 48. The maximum absolute atomic E-state index is 13.0. The first-order valence-electron chi connectivity index (χ1n) is 42.4. The molecule has 0 bridgehead atoms. The number of esters is 2. The van der Waals surface area contributed by atoms with Gasteiger partial charge in [-0.15, -0.1) is 0 Å². The first-order chi connectivity index (χ1) is 48.6. The van der Waals surface area contributed by atoms with Crippen LogP contribution in [0.4, 0.5) is 0 Å². The highest BCUT2D eigenvalue weighted by Crippen LogP contribution is 2.20. The number of ether oxygens (including phenoxy) is 4. The van der Waals surface area contributed by atoms with Crippen LogP contribution in [0.2, 0.25) is 0 Å². The van der Waals surface area contributed by atoms with Crippen LogP contribution in [0.3, 0.4) is 0 Å². The van der Waals surface area contributed by atoms with Crippen LogP contribution < -0.4 is 0 Å². The Balaban J connectivity index is 3.96. The van der Waals surface area contributed by atoms with E-state index in [0.717, 1.165) is 83.5 Å². The lowest BCUT2D eigenvalue weighted by molar-refractivity contribution is -0.870. The highest BCUT2D eigenvalue weighted by Gasteiger charge is 2.25. The van der Waals surface area contributed by atoms with Gasteiger partial charge in [0.1, 0.15) is 13.2 Å². The molecule has 0 aliphatic carbocycles. The number of carboxylic acids is 1. The van der Waals surface area contributed by atoms with Crippen LogP contribution in [0.25, 0.3) is 0 Å². The molecule has 574 valence electrons. The number of hydrogen-bond donors (Lipinski definition) is 1. The Labute approximate surface area is 613 Å². The van der Waals surface area contributed by atoms with E-state index in [9.17, 15) is 19.5 Å². The number of carbonyl (C=O) groups is 3. The molecule has 0 saturated carbocycles. The molecule has 0 saturated heterocycles. The van der Waals surface area contributed by atoms with Crippen molar-refractivity contribution in [2.45, 2.75) is 411 Å². The van der Waals surface area contributed by atoms with Gasteiger partial charge in [0.25, 0.3) is 6.29 Å². The summed E-state index contributed by atoms with van der Waals surface area (Å²) in [5.41, 5.74) is 0. The largest absolute Gasteiger partial charge is 0.477 e. The predicted molar refractivity (Wildman–Crippen MR) is 429 cm³/mol. The molecule has 0 fully saturated rings. The highest BCUT2D eigenvalue weighted by molar-refractivity contribution is 5.71. The van der Waals surface area contributed by atoms with Gasteiger partial charge in [0.15, 0.2) is 6.10 Å². The molecule has 2 unspecified atom stereocenters. The van der Waals surface area contributed by atoms with Crippen LogP contribution in [-0.2, 0) is 33.3 Å². The Morgan fingerprint density at radius 2 is 0.576 bits per heavy atom. The summed E-state index contributed by atoms with van der Waals surface area (Å²) in [7, 11) is 6.00. The van der Waals surface area contributed by atoms with Gasteiger partial charge in [0.2, 0.25) is 0 Å². The molecule has 0 aromatic rings. The van der Waals surface area contributed by atoms with Gasteiger partial charge in [-0.05, 0) is 96.3 Å². The monoisotopic (exact) mass is 1390 g/mol. The molecular formula is C90H162NO8+. The third-order valence-corrected chi connectivity index (χ3v) is 18.8. The summed E-state index contributed by atoms with van der Waals surface area (Å²) in [6.45, 7) is 4.81. The molecule has 0 heterocycles. The third kappa shape index (κ3) is 81.4. The molecule has 0 aromatic carbocycles. The predicted octanol–water partition coefficient (Wildman–Crippen LogP) is 27.5. The standard InChI is InChI=1S/C90H161NO8/c1-6-8-10-12-14-16-18-20-22-24-26-28-30-32-34-36-38-40-42-44-46-48-50-52-54-56-58-60-62-64-66-68-70-72-74-76-78-80-87(92)97-84-86(85-98-90(89(94)95)96-83-82-91(3,4)5)99-88(93)81-79-77-75-73-71-69-67-65-63-61-59-57-55-53-51-49-47-45-43-41-39-37-35-33-31-29-27-25-23-21-19-17-15-13-11-9-7-2/h9,11,15,17-18,20-21,23-24,26-27,29,33,35,39,41,86,90H,6-8,10,12-14,16,19,22,25,28,30-32,34,36-38,40,42-85H2,1-5H3/p+1/b11-9-,17-15-,20-18-,23-21-,26-24-,29-27-,35-33-,41-39-. The van der Waals surface area contributed by atoms with Crippen molar-refractivity contribution in [3.8, 4) is 0 Å². The smallest absolute Gasteiger partial charge is 0.361 e. The van der Waals surface area contributed by atoms with Crippen molar-refractivity contribution >= 4 is 17.9 Å². The zero-order valence-corrected chi connectivity index (χ0v) is 65.9. The van der Waals surface area contributed by atoms with E-state index in [-0.39, 0.29) is 38.2 Å². The maximum atomic E-state index is 13.0. The molecule has 0 amide bonds. The van der Waals surface area contributed by atoms with Gasteiger partial charge in [-0.1, -0.05) is 387 Å². The summed E-state index contributed by atoms with van der Waals surface area (Å²) >= 11 is 0. The lowest BCUT2D eigenvalue weighted by Crippen LogP contribution is -2.40. The molecule has 0 spiro atoms. The third-order valence-electron chi connectivity index (χ3n) is 18.8. The topological polar surface area (TPSA) is 108 Å². The van der Waals surface area contributed by atoms with Gasteiger partial charge in [-0.3, -0.25) is 9.59 Å². The lowest BCUT2D eigenvalue weighted by Gasteiger charge is -2.25. The molecule has 0 aromatic heterocycles. The molecule has 0 radical (unpaired) electrons. The molecule has 1 N–H and O–H groups in total. The fourth-order valence-electron chi connectivity index (χ4n) is 12.4. The van der Waals surface area contributed by atoms with E-state index in [2.05, 4.69) is 111 Å². The van der Waals surface area contributed by atoms with E-state index in [0.29, 0.717) is 17.4 Å². The van der Waals surface area contributed by atoms with E-state index >= 15 is 0 Å². The number of hydrogen-bond acceptors (Lipinski definition) is 7. The minimum atomic E-state index is -1.51. The fraction of sp³-hybridized carbons (Fsp3) is 0.789. The van der Waals surface area contributed by atoms with E-state index in [1.165, 1.54) is 289 Å². The summed E-state index contributed by atoms with van der Waals surface area (Å²) < 4.78 is 23.1. The molecular weight excluding hydrogens is 1220 g/mol. The molecule has 0 aliphatic rings. The van der Waals surface area contributed by atoms with Crippen molar-refractivity contribution in [3.63, 3.8) is 0 Å². The fourth-order valence-corrected chi connectivity index (χ4v) is 12.4. The van der Waals surface area contributed by atoms with Crippen molar-refractivity contribution in [1.82, 2.24) is 0 Å². The second kappa shape index (κ2) is 79.9. The van der Waals surface area contributed by atoms with E-state index in [1.54, 1.807) is 0 Å². The second-order valence-corrected chi connectivity index (χ2v) is 29.8. The van der Waals surface area contributed by atoms with Crippen LogP contribution >= 0.6 is 0 Å². The van der Waals surface area contributed by atoms with Gasteiger partial charge in [0.05, 0.1) is 34.4 Å². The van der Waals surface area contributed by atoms with Gasteiger partial charge < -0.3 is 28.5 Å². The first-order valence-corrected chi connectivity index (χ1v) is 42.4. The molecule has 9 heteroatoms.